The Morgan fingerprint density at radius 1 is 1.32 bits per heavy atom. The number of nitrogens with one attached hydrogen (secondary N) is 1. The summed E-state index contributed by atoms with van der Waals surface area (Å²) in [6.45, 7) is 3.59. The summed E-state index contributed by atoms with van der Waals surface area (Å²) >= 11 is 0. The molecule has 1 amide bonds. The number of nitrogens with zero attached hydrogens (tertiary/aromatic N) is 1. The Morgan fingerprint density at radius 3 is 2.74 bits per heavy atom. The standard InChI is InChI=1S/C15H15FN2O/c1-10-6-7-12(13(16)9-10)15(19)18-11(2)14-5-3-4-8-17-14/h3-9,11H,1-2H3,(H,18,19). The third-order valence-electron chi connectivity index (χ3n) is 2.85. The van der Waals surface area contributed by atoms with Gasteiger partial charge in [-0.05, 0) is 43.7 Å². The molecule has 1 aromatic carbocycles. The van der Waals surface area contributed by atoms with Crippen LogP contribution in [0.25, 0.3) is 0 Å². The van der Waals surface area contributed by atoms with Crippen molar-refractivity contribution in [1.82, 2.24) is 10.3 Å². The van der Waals surface area contributed by atoms with Crippen LogP contribution in [0.5, 0.6) is 0 Å². The van der Waals surface area contributed by atoms with Crippen LogP contribution in [-0.4, -0.2) is 10.9 Å². The van der Waals surface area contributed by atoms with Gasteiger partial charge in [0.1, 0.15) is 5.82 Å². The molecule has 2 aromatic rings. The fourth-order valence-corrected chi connectivity index (χ4v) is 1.78. The van der Waals surface area contributed by atoms with E-state index in [-0.39, 0.29) is 11.6 Å². The number of carbonyl (C=O) groups excluding carboxylic acids is 1. The number of rotatable bonds is 3. The fraction of sp³-hybridized carbons (Fsp3) is 0.200. The first-order valence-electron chi connectivity index (χ1n) is 6.06. The third kappa shape index (κ3) is 3.16. The fourth-order valence-electron chi connectivity index (χ4n) is 1.78. The molecule has 0 aliphatic carbocycles. The van der Waals surface area contributed by atoms with Crippen LogP contribution in [0.2, 0.25) is 0 Å². The molecule has 4 heteroatoms. The minimum Gasteiger partial charge on any atom is -0.344 e. The van der Waals surface area contributed by atoms with E-state index < -0.39 is 11.7 Å². The van der Waals surface area contributed by atoms with E-state index in [0.29, 0.717) is 0 Å². The minimum absolute atomic E-state index is 0.0494. The smallest absolute Gasteiger partial charge is 0.254 e. The first-order valence-corrected chi connectivity index (χ1v) is 6.06. The van der Waals surface area contributed by atoms with Crippen molar-refractivity contribution in [2.24, 2.45) is 0 Å². The Labute approximate surface area is 111 Å². The van der Waals surface area contributed by atoms with Gasteiger partial charge in [0.05, 0.1) is 17.3 Å². The summed E-state index contributed by atoms with van der Waals surface area (Å²) in [6, 6.07) is 9.75. The van der Waals surface area contributed by atoms with E-state index in [1.807, 2.05) is 19.1 Å². The van der Waals surface area contributed by atoms with Crippen molar-refractivity contribution in [2.75, 3.05) is 0 Å². The van der Waals surface area contributed by atoms with Crippen LogP contribution in [0.3, 0.4) is 0 Å². The lowest BCUT2D eigenvalue weighted by Gasteiger charge is -2.13. The topological polar surface area (TPSA) is 42.0 Å². The molecule has 2 rings (SSSR count). The van der Waals surface area contributed by atoms with Crippen LogP contribution < -0.4 is 5.32 Å². The Balaban J connectivity index is 2.13. The molecule has 1 unspecified atom stereocenters. The number of carbonyl (C=O) groups is 1. The van der Waals surface area contributed by atoms with Crippen LogP contribution in [0.15, 0.2) is 42.6 Å². The van der Waals surface area contributed by atoms with Crippen molar-refractivity contribution >= 4 is 5.91 Å². The molecular formula is C15H15FN2O. The van der Waals surface area contributed by atoms with Gasteiger partial charge in [-0.1, -0.05) is 12.1 Å². The molecule has 0 radical (unpaired) electrons. The normalized spacial score (nSPS) is 11.9. The van der Waals surface area contributed by atoms with Gasteiger partial charge in [-0.25, -0.2) is 4.39 Å². The average Bonchev–Trinajstić information content (AvgIpc) is 2.39. The second-order valence-electron chi connectivity index (χ2n) is 4.43. The lowest BCUT2D eigenvalue weighted by Crippen LogP contribution is -2.28. The molecule has 0 aliphatic heterocycles. The molecule has 0 spiro atoms. The predicted molar refractivity (Wildman–Crippen MR) is 71.3 cm³/mol. The molecule has 0 saturated heterocycles. The number of hydrogen-bond acceptors (Lipinski definition) is 2. The van der Waals surface area contributed by atoms with Gasteiger partial charge in [-0.15, -0.1) is 0 Å². The summed E-state index contributed by atoms with van der Waals surface area (Å²) in [6.07, 6.45) is 1.66. The molecule has 0 aliphatic rings. The largest absolute Gasteiger partial charge is 0.344 e. The zero-order valence-corrected chi connectivity index (χ0v) is 10.9. The summed E-state index contributed by atoms with van der Waals surface area (Å²) in [5.74, 6) is -0.943. The second kappa shape index (κ2) is 5.61. The Hall–Kier alpha value is -2.23. The molecular weight excluding hydrogens is 243 g/mol. The molecule has 1 N–H and O–H groups in total. The van der Waals surface area contributed by atoms with Crippen molar-refractivity contribution in [1.29, 1.82) is 0 Å². The summed E-state index contributed by atoms with van der Waals surface area (Å²) in [5.41, 5.74) is 1.57. The Bertz CT molecular complexity index is 584. The van der Waals surface area contributed by atoms with Crippen LogP contribution >= 0.6 is 0 Å². The molecule has 0 saturated carbocycles. The number of pyridine rings is 1. The number of amides is 1. The van der Waals surface area contributed by atoms with Crippen molar-refractivity contribution in [3.05, 3.63) is 65.2 Å². The average molecular weight is 258 g/mol. The Kier molecular flexibility index (Phi) is 3.90. The lowest BCUT2D eigenvalue weighted by molar-refractivity contribution is 0.0935. The molecule has 1 heterocycles. The summed E-state index contributed by atoms with van der Waals surface area (Å²) in [4.78, 5) is 16.1. The zero-order chi connectivity index (χ0) is 13.8. The highest BCUT2D eigenvalue weighted by atomic mass is 19.1. The maximum absolute atomic E-state index is 13.7. The molecule has 0 bridgehead atoms. The summed E-state index contributed by atoms with van der Waals surface area (Å²) < 4.78 is 13.7. The van der Waals surface area contributed by atoms with E-state index >= 15 is 0 Å². The monoisotopic (exact) mass is 258 g/mol. The van der Waals surface area contributed by atoms with Crippen LogP contribution in [0.4, 0.5) is 4.39 Å². The summed E-state index contributed by atoms with van der Waals surface area (Å²) in [5, 5.41) is 2.73. The highest BCUT2D eigenvalue weighted by molar-refractivity contribution is 5.94. The maximum atomic E-state index is 13.7. The van der Waals surface area contributed by atoms with Gasteiger partial charge < -0.3 is 5.32 Å². The Morgan fingerprint density at radius 2 is 2.11 bits per heavy atom. The van der Waals surface area contributed by atoms with E-state index in [0.717, 1.165) is 11.3 Å². The molecule has 1 atom stereocenters. The highest BCUT2D eigenvalue weighted by Gasteiger charge is 2.15. The predicted octanol–water partition coefficient (Wildman–Crippen LogP) is 3.02. The van der Waals surface area contributed by atoms with E-state index in [9.17, 15) is 9.18 Å². The van der Waals surface area contributed by atoms with Crippen LogP contribution in [-0.2, 0) is 0 Å². The molecule has 0 fully saturated rings. The van der Waals surface area contributed by atoms with E-state index in [2.05, 4.69) is 10.3 Å². The van der Waals surface area contributed by atoms with Crippen molar-refractivity contribution in [3.63, 3.8) is 0 Å². The van der Waals surface area contributed by atoms with Crippen molar-refractivity contribution in [3.8, 4) is 0 Å². The quantitative estimate of drug-likeness (QED) is 0.919. The molecule has 3 nitrogen and oxygen atoms in total. The van der Waals surface area contributed by atoms with E-state index in [1.54, 1.807) is 25.3 Å². The highest BCUT2D eigenvalue weighted by Crippen LogP contribution is 2.13. The third-order valence-corrected chi connectivity index (χ3v) is 2.85. The summed E-state index contributed by atoms with van der Waals surface area (Å²) in [7, 11) is 0. The number of hydrogen-bond donors (Lipinski definition) is 1. The minimum atomic E-state index is -0.509. The zero-order valence-electron chi connectivity index (χ0n) is 10.9. The number of benzene rings is 1. The van der Waals surface area contributed by atoms with Crippen molar-refractivity contribution in [2.45, 2.75) is 19.9 Å². The van der Waals surface area contributed by atoms with E-state index in [1.165, 1.54) is 12.1 Å². The number of halogens is 1. The maximum Gasteiger partial charge on any atom is 0.254 e. The van der Waals surface area contributed by atoms with Crippen LogP contribution in [0, 0.1) is 12.7 Å². The van der Waals surface area contributed by atoms with Crippen molar-refractivity contribution < 1.29 is 9.18 Å². The van der Waals surface area contributed by atoms with E-state index in [4.69, 9.17) is 0 Å². The molecule has 1 aromatic heterocycles. The van der Waals surface area contributed by atoms with Gasteiger partial charge in [0.15, 0.2) is 0 Å². The molecule has 98 valence electrons. The van der Waals surface area contributed by atoms with Gasteiger partial charge >= 0.3 is 0 Å². The van der Waals surface area contributed by atoms with Gasteiger partial charge in [-0.2, -0.15) is 0 Å². The first kappa shape index (κ1) is 13.2. The van der Waals surface area contributed by atoms with Gasteiger partial charge in [-0.3, -0.25) is 9.78 Å². The van der Waals surface area contributed by atoms with Gasteiger partial charge in [0.2, 0.25) is 0 Å². The number of aromatic nitrogens is 1. The number of aryl methyl sites for hydroxylation is 1. The SMILES string of the molecule is Cc1ccc(C(=O)NC(C)c2ccccn2)c(F)c1. The van der Waals surface area contributed by atoms with Gasteiger partial charge in [0.25, 0.3) is 5.91 Å². The first-order chi connectivity index (χ1) is 9.08. The van der Waals surface area contributed by atoms with Gasteiger partial charge in [0, 0.05) is 6.20 Å². The van der Waals surface area contributed by atoms with Crippen LogP contribution in [0.1, 0.15) is 34.6 Å². The lowest BCUT2D eigenvalue weighted by atomic mass is 10.1. The second-order valence-corrected chi connectivity index (χ2v) is 4.43. The molecule has 19 heavy (non-hydrogen) atoms.